The molecule has 1 amide bonds. The van der Waals surface area contributed by atoms with Crippen LogP contribution in [0, 0.1) is 6.92 Å². The van der Waals surface area contributed by atoms with Crippen molar-refractivity contribution < 1.29 is 14.7 Å². The molecule has 0 spiro atoms. The van der Waals surface area contributed by atoms with Crippen LogP contribution in [0.15, 0.2) is 29.1 Å². The summed E-state index contributed by atoms with van der Waals surface area (Å²) in [5.74, 6) is -1.37. The molecule has 2 rings (SSSR count). The number of anilines is 1. The van der Waals surface area contributed by atoms with E-state index >= 15 is 0 Å². The number of benzene rings is 1. The Hall–Kier alpha value is -2.21. The second-order valence-corrected chi connectivity index (χ2v) is 4.38. The van der Waals surface area contributed by atoms with Crippen molar-refractivity contribution in [3.63, 3.8) is 0 Å². The fraction of sp³-hybridized carbons (Fsp3) is 0.0833. The number of thiazole rings is 1. The molecular weight excluding hydrogens is 252 g/mol. The molecule has 1 aromatic carbocycles. The van der Waals surface area contributed by atoms with Gasteiger partial charge in [0, 0.05) is 11.1 Å². The quantitative estimate of drug-likeness (QED) is 0.890. The monoisotopic (exact) mass is 262 g/mol. The molecule has 0 saturated carbocycles. The summed E-state index contributed by atoms with van der Waals surface area (Å²) in [7, 11) is 0. The molecule has 92 valence electrons. The normalized spacial score (nSPS) is 10.1. The minimum Gasteiger partial charge on any atom is -0.478 e. The smallest absolute Gasteiger partial charge is 0.335 e. The van der Waals surface area contributed by atoms with Gasteiger partial charge in [0.1, 0.15) is 5.69 Å². The molecule has 0 unspecified atom stereocenters. The maximum atomic E-state index is 11.8. The third-order valence-corrected chi connectivity index (χ3v) is 2.98. The molecule has 0 fully saturated rings. The Bertz CT molecular complexity index is 593. The highest BCUT2D eigenvalue weighted by Crippen LogP contribution is 2.18. The van der Waals surface area contributed by atoms with E-state index in [0.29, 0.717) is 11.4 Å². The van der Waals surface area contributed by atoms with Gasteiger partial charge in [0.15, 0.2) is 0 Å². The number of carbonyl (C=O) groups excluding carboxylic acids is 1. The van der Waals surface area contributed by atoms with Crippen LogP contribution in [-0.4, -0.2) is 22.0 Å². The van der Waals surface area contributed by atoms with E-state index in [4.69, 9.17) is 5.11 Å². The van der Waals surface area contributed by atoms with Gasteiger partial charge in [0.25, 0.3) is 5.91 Å². The molecular formula is C12H10N2O3S. The number of nitrogens with zero attached hydrogens (tertiary/aromatic N) is 1. The highest BCUT2D eigenvalue weighted by atomic mass is 32.1. The SMILES string of the molecule is Cc1ccc(C(=O)O)cc1NC(=O)c1cscn1. The van der Waals surface area contributed by atoms with Crippen molar-refractivity contribution >= 4 is 28.9 Å². The molecule has 2 aromatic rings. The fourth-order valence-electron chi connectivity index (χ4n) is 1.40. The largest absolute Gasteiger partial charge is 0.478 e. The summed E-state index contributed by atoms with van der Waals surface area (Å²) in [5, 5.41) is 13.2. The van der Waals surface area contributed by atoms with Crippen molar-refractivity contribution in [1.29, 1.82) is 0 Å². The molecule has 1 heterocycles. The Morgan fingerprint density at radius 3 is 2.78 bits per heavy atom. The lowest BCUT2D eigenvalue weighted by Gasteiger charge is -2.08. The molecule has 0 saturated heterocycles. The number of aromatic carboxylic acids is 1. The lowest BCUT2D eigenvalue weighted by Crippen LogP contribution is -2.13. The number of carboxylic acid groups (broad SMARTS) is 1. The maximum absolute atomic E-state index is 11.8. The third-order valence-electron chi connectivity index (χ3n) is 2.40. The van der Waals surface area contributed by atoms with E-state index in [2.05, 4.69) is 10.3 Å². The zero-order valence-corrected chi connectivity index (χ0v) is 10.3. The maximum Gasteiger partial charge on any atom is 0.335 e. The molecule has 2 N–H and O–H groups in total. The first kappa shape index (κ1) is 12.3. The first-order valence-electron chi connectivity index (χ1n) is 5.11. The fourth-order valence-corrected chi connectivity index (χ4v) is 1.93. The van der Waals surface area contributed by atoms with Crippen LogP contribution >= 0.6 is 11.3 Å². The van der Waals surface area contributed by atoms with E-state index in [1.807, 2.05) is 0 Å². The Kier molecular flexibility index (Phi) is 3.38. The van der Waals surface area contributed by atoms with Crippen molar-refractivity contribution in [2.24, 2.45) is 0 Å². The number of hydrogen-bond acceptors (Lipinski definition) is 4. The van der Waals surface area contributed by atoms with Gasteiger partial charge in [-0.05, 0) is 24.6 Å². The van der Waals surface area contributed by atoms with Crippen molar-refractivity contribution in [2.75, 3.05) is 5.32 Å². The number of rotatable bonds is 3. The van der Waals surface area contributed by atoms with Crippen molar-refractivity contribution in [3.05, 3.63) is 45.9 Å². The lowest BCUT2D eigenvalue weighted by molar-refractivity contribution is 0.0696. The van der Waals surface area contributed by atoms with Crippen LogP contribution in [0.1, 0.15) is 26.4 Å². The summed E-state index contributed by atoms with van der Waals surface area (Å²) in [5.41, 5.74) is 3.29. The number of aryl methyl sites for hydroxylation is 1. The van der Waals surface area contributed by atoms with Crippen LogP contribution in [0.25, 0.3) is 0 Å². The number of amides is 1. The number of nitrogens with one attached hydrogen (secondary N) is 1. The Morgan fingerprint density at radius 1 is 1.39 bits per heavy atom. The molecule has 18 heavy (non-hydrogen) atoms. The summed E-state index contributed by atoms with van der Waals surface area (Å²) in [6.07, 6.45) is 0. The van der Waals surface area contributed by atoms with Crippen LogP contribution < -0.4 is 5.32 Å². The second-order valence-electron chi connectivity index (χ2n) is 3.66. The average Bonchev–Trinajstić information content (AvgIpc) is 2.85. The van der Waals surface area contributed by atoms with Gasteiger partial charge in [-0.15, -0.1) is 11.3 Å². The zero-order chi connectivity index (χ0) is 13.1. The van der Waals surface area contributed by atoms with Crippen molar-refractivity contribution in [2.45, 2.75) is 6.92 Å². The number of carboxylic acids is 1. The summed E-state index contributed by atoms with van der Waals surface area (Å²) in [6.45, 7) is 1.79. The van der Waals surface area contributed by atoms with Crippen molar-refractivity contribution in [1.82, 2.24) is 4.98 Å². The van der Waals surface area contributed by atoms with E-state index in [1.54, 1.807) is 23.9 Å². The van der Waals surface area contributed by atoms with E-state index in [-0.39, 0.29) is 11.5 Å². The molecule has 0 atom stereocenters. The lowest BCUT2D eigenvalue weighted by atomic mass is 10.1. The predicted octanol–water partition coefficient (Wildman–Crippen LogP) is 2.40. The summed E-state index contributed by atoms with van der Waals surface area (Å²) < 4.78 is 0. The summed E-state index contributed by atoms with van der Waals surface area (Å²) in [6, 6.07) is 4.58. The molecule has 0 bridgehead atoms. The Labute approximate surface area is 107 Å². The number of hydrogen-bond donors (Lipinski definition) is 2. The molecule has 0 aliphatic rings. The molecule has 0 aliphatic carbocycles. The van der Waals surface area contributed by atoms with Crippen LogP contribution in [0.5, 0.6) is 0 Å². The van der Waals surface area contributed by atoms with Gasteiger partial charge in [-0.25, -0.2) is 9.78 Å². The van der Waals surface area contributed by atoms with Gasteiger partial charge < -0.3 is 10.4 Å². The highest BCUT2D eigenvalue weighted by molar-refractivity contribution is 7.07. The first-order valence-corrected chi connectivity index (χ1v) is 6.05. The summed E-state index contributed by atoms with van der Waals surface area (Å²) >= 11 is 1.32. The van der Waals surface area contributed by atoms with E-state index in [0.717, 1.165) is 5.56 Å². The standard InChI is InChI=1S/C12H10N2O3S/c1-7-2-3-8(12(16)17)4-9(7)14-11(15)10-5-18-6-13-10/h2-6H,1H3,(H,14,15)(H,16,17). The first-order chi connectivity index (χ1) is 8.58. The number of aromatic nitrogens is 1. The van der Waals surface area contributed by atoms with Gasteiger partial charge in [0.05, 0.1) is 11.1 Å². The average molecular weight is 262 g/mol. The molecule has 1 aromatic heterocycles. The van der Waals surface area contributed by atoms with Crippen molar-refractivity contribution in [3.8, 4) is 0 Å². The topological polar surface area (TPSA) is 79.3 Å². The van der Waals surface area contributed by atoms with Gasteiger partial charge in [-0.3, -0.25) is 4.79 Å². The molecule has 0 aliphatic heterocycles. The van der Waals surface area contributed by atoms with Gasteiger partial charge in [-0.2, -0.15) is 0 Å². The molecule has 5 nitrogen and oxygen atoms in total. The van der Waals surface area contributed by atoms with E-state index in [9.17, 15) is 9.59 Å². The third kappa shape index (κ3) is 2.54. The number of carbonyl (C=O) groups is 2. The van der Waals surface area contributed by atoms with Crippen LogP contribution in [0.2, 0.25) is 0 Å². The Morgan fingerprint density at radius 2 is 2.17 bits per heavy atom. The van der Waals surface area contributed by atoms with Crippen LogP contribution in [0.3, 0.4) is 0 Å². The predicted molar refractivity (Wildman–Crippen MR) is 68.2 cm³/mol. The minimum absolute atomic E-state index is 0.133. The zero-order valence-electron chi connectivity index (χ0n) is 9.51. The second kappa shape index (κ2) is 4.97. The van der Waals surface area contributed by atoms with Gasteiger partial charge in [-0.1, -0.05) is 6.07 Å². The molecule has 0 radical (unpaired) electrons. The van der Waals surface area contributed by atoms with Crippen LogP contribution in [-0.2, 0) is 0 Å². The summed E-state index contributed by atoms with van der Waals surface area (Å²) in [4.78, 5) is 26.5. The van der Waals surface area contributed by atoms with Gasteiger partial charge in [0.2, 0.25) is 0 Å². The van der Waals surface area contributed by atoms with Crippen LogP contribution in [0.4, 0.5) is 5.69 Å². The Balaban J connectivity index is 2.26. The van der Waals surface area contributed by atoms with E-state index < -0.39 is 5.97 Å². The van der Waals surface area contributed by atoms with E-state index in [1.165, 1.54) is 23.5 Å². The molecule has 6 heteroatoms. The van der Waals surface area contributed by atoms with Gasteiger partial charge >= 0.3 is 5.97 Å². The highest BCUT2D eigenvalue weighted by Gasteiger charge is 2.11. The minimum atomic E-state index is -1.03.